The zero-order valence-corrected chi connectivity index (χ0v) is 16.1. The van der Waals surface area contributed by atoms with Gasteiger partial charge in [-0.15, -0.1) is 24.2 Å². The number of likely N-dealkylation sites (tertiary alicyclic amines) is 1. The lowest BCUT2D eigenvalue weighted by molar-refractivity contribution is -0.128. The Kier molecular flexibility index (Phi) is 7.15. The summed E-state index contributed by atoms with van der Waals surface area (Å²) in [6.07, 6.45) is 3.39. The van der Waals surface area contributed by atoms with Crippen LogP contribution in [0, 0.1) is 6.92 Å². The van der Waals surface area contributed by atoms with Crippen molar-refractivity contribution >= 4 is 41.8 Å². The topological polar surface area (TPSA) is 87.5 Å². The number of rotatable bonds is 5. The Labute approximate surface area is 158 Å². The van der Waals surface area contributed by atoms with Gasteiger partial charge in [0.25, 0.3) is 0 Å². The Hall–Kier alpha value is -1.25. The Morgan fingerprint density at radius 2 is 2.20 bits per heavy atom. The minimum absolute atomic E-state index is 0. The average Bonchev–Trinajstić information content (AvgIpc) is 3.09. The summed E-state index contributed by atoms with van der Waals surface area (Å²) >= 11 is 1.36. The molecule has 1 aromatic heterocycles. The molecule has 2 saturated heterocycles. The number of anilines is 1. The minimum Gasteiger partial charge on any atom is -0.360 e. The van der Waals surface area contributed by atoms with Crippen LogP contribution < -0.4 is 10.6 Å². The molecule has 25 heavy (non-hydrogen) atoms. The molecule has 7 nitrogen and oxygen atoms in total. The number of hydrogen-bond acceptors (Lipinski definition) is 6. The number of aryl methyl sites for hydroxylation is 1. The van der Waals surface area contributed by atoms with Crippen molar-refractivity contribution in [2.45, 2.75) is 50.4 Å². The zero-order valence-electron chi connectivity index (χ0n) is 14.5. The fraction of sp³-hybridized carbons (Fsp3) is 0.688. The van der Waals surface area contributed by atoms with Gasteiger partial charge in [-0.1, -0.05) is 5.16 Å². The zero-order chi connectivity index (χ0) is 17.1. The largest absolute Gasteiger partial charge is 0.360 e. The second-order valence-corrected chi connectivity index (χ2v) is 7.86. The molecule has 2 N–H and O–H groups in total. The summed E-state index contributed by atoms with van der Waals surface area (Å²) in [6, 6.07) is 2.67. The molecule has 2 aliphatic heterocycles. The van der Waals surface area contributed by atoms with Gasteiger partial charge in [-0.2, -0.15) is 0 Å². The lowest BCUT2D eigenvalue weighted by Gasteiger charge is -2.24. The molecule has 3 rings (SSSR count). The van der Waals surface area contributed by atoms with Crippen LogP contribution in [-0.2, 0) is 9.59 Å². The Morgan fingerprint density at radius 1 is 1.44 bits per heavy atom. The normalized spacial score (nSPS) is 23.5. The number of fused-ring (bicyclic) bond motifs is 2. The van der Waals surface area contributed by atoms with E-state index in [4.69, 9.17) is 4.52 Å². The first-order valence-corrected chi connectivity index (χ1v) is 9.46. The Morgan fingerprint density at radius 3 is 2.92 bits per heavy atom. The number of nitrogens with one attached hydrogen (secondary N) is 2. The van der Waals surface area contributed by atoms with Crippen molar-refractivity contribution in [3.8, 4) is 0 Å². The highest BCUT2D eigenvalue weighted by atomic mass is 35.5. The summed E-state index contributed by atoms with van der Waals surface area (Å²) in [5, 5.41) is 9.68. The molecule has 0 aliphatic carbocycles. The number of amides is 2. The molecule has 0 spiro atoms. The summed E-state index contributed by atoms with van der Waals surface area (Å²) < 4.78 is 4.92. The maximum Gasteiger partial charge on any atom is 0.238 e. The van der Waals surface area contributed by atoms with E-state index in [1.54, 1.807) is 19.9 Å². The van der Waals surface area contributed by atoms with Crippen molar-refractivity contribution < 1.29 is 14.1 Å². The summed E-state index contributed by atoms with van der Waals surface area (Å²) in [7, 11) is 0. The number of halogens is 1. The summed E-state index contributed by atoms with van der Waals surface area (Å²) in [6.45, 7) is 5.16. The van der Waals surface area contributed by atoms with E-state index in [-0.39, 0.29) is 29.5 Å². The second kappa shape index (κ2) is 8.91. The van der Waals surface area contributed by atoms with E-state index >= 15 is 0 Å². The van der Waals surface area contributed by atoms with Gasteiger partial charge < -0.3 is 20.1 Å². The number of nitrogens with zero attached hydrogens (tertiary/aromatic N) is 2. The quantitative estimate of drug-likeness (QED) is 0.800. The maximum absolute atomic E-state index is 12.4. The fourth-order valence-corrected chi connectivity index (χ4v) is 3.97. The lowest BCUT2D eigenvalue weighted by atomic mass is 10.1. The van der Waals surface area contributed by atoms with Crippen LogP contribution in [-0.4, -0.2) is 58.0 Å². The van der Waals surface area contributed by atoms with Crippen molar-refractivity contribution in [3.05, 3.63) is 11.8 Å². The molecule has 2 bridgehead atoms. The van der Waals surface area contributed by atoms with Crippen LogP contribution in [0.5, 0.6) is 0 Å². The molecule has 3 atom stereocenters. The maximum atomic E-state index is 12.4. The van der Waals surface area contributed by atoms with E-state index in [1.165, 1.54) is 18.2 Å². The van der Waals surface area contributed by atoms with E-state index in [0.717, 1.165) is 25.9 Å². The molecular formula is C16H25ClN4O3S. The first-order chi connectivity index (χ1) is 11.5. The lowest BCUT2D eigenvalue weighted by Crippen LogP contribution is -2.40. The number of carbonyl (C=O) groups excluding carboxylic acids is 2. The van der Waals surface area contributed by atoms with Crippen molar-refractivity contribution in [2.75, 3.05) is 24.2 Å². The molecule has 2 aliphatic rings. The molecule has 0 radical (unpaired) electrons. The highest BCUT2D eigenvalue weighted by Gasteiger charge is 2.31. The summed E-state index contributed by atoms with van der Waals surface area (Å²) in [5.41, 5.74) is 0. The molecule has 3 heterocycles. The number of aromatic nitrogens is 1. The van der Waals surface area contributed by atoms with Crippen LogP contribution in [0.4, 0.5) is 5.82 Å². The number of carbonyl (C=O) groups is 2. The molecule has 2 amide bonds. The molecule has 2 fully saturated rings. The van der Waals surface area contributed by atoms with Gasteiger partial charge in [0.2, 0.25) is 11.8 Å². The van der Waals surface area contributed by atoms with Gasteiger partial charge in [0.05, 0.1) is 11.0 Å². The molecule has 3 unspecified atom stereocenters. The van der Waals surface area contributed by atoms with Gasteiger partial charge in [0, 0.05) is 31.2 Å². The first-order valence-electron chi connectivity index (χ1n) is 8.41. The Bertz CT molecular complexity index is 612. The van der Waals surface area contributed by atoms with E-state index in [9.17, 15) is 9.59 Å². The van der Waals surface area contributed by atoms with Crippen LogP contribution in [0.15, 0.2) is 10.6 Å². The van der Waals surface area contributed by atoms with Gasteiger partial charge in [0.1, 0.15) is 5.76 Å². The van der Waals surface area contributed by atoms with Gasteiger partial charge in [0.15, 0.2) is 5.82 Å². The number of hydrogen-bond donors (Lipinski definition) is 2. The molecule has 9 heteroatoms. The van der Waals surface area contributed by atoms with Crippen LogP contribution in [0.1, 0.15) is 31.9 Å². The van der Waals surface area contributed by atoms with E-state index in [1.807, 2.05) is 4.90 Å². The minimum atomic E-state index is -0.326. The van der Waals surface area contributed by atoms with Crippen LogP contribution in [0.25, 0.3) is 0 Å². The highest BCUT2D eigenvalue weighted by molar-refractivity contribution is 8.01. The van der Waals surface area contributed by atoms with Crippen molar-refractivity contribution in [1.29, 1.82) is 0 Å². The van der Waals surface area contributed by atoms with Gasteiger partial charge in [-0.25, -0.2) is 0 Å². The van der Waals surface area contributed by atoms with Gasteiger partial charge in [-0.3, -0.25) is 9.59 Å². The van der Waals surface area contributed by atoms with E-state index in [2.05, 4.69) is 15.8 Å². The van der Waals surface area contributed by atoms with Gasteiger partial charge in [-0.05, 0) is 33.1 Å². The van der Waals surface area contributed by atoms with Gasteiger partial charge >= 0.3 is 0 Å². The molecule has 0 saturated carbocycles. The van der Waals surface area contributed by atoms with Crippen molar-refractivity contribution in [2.24, 2.45) is 0 Å². The predicted molar refractivity (Wildman–Crippen MR) is 100 cm³/mol. The standard InChI is InChI=1S/C16H24N4O3S.ClH/c1-10-7-14(19-23-10)18-16(22)11(2)24-9-15(21)20-6-5-12-3-4-13(8-20)17-12;/h7,11-13,17H,3-6,8-9H2,1-2H3,(H,18,19,22);1H. The second-order valence-electron chi connectivity index (χ2n) is 6.53. The third-order valence-electron chi connectivity index (χ3n) is 4.58. The van der Waals surface area contributed by atoms with Crippen molar-refractivity contribution in [1.82, 2.24) is 15.4 Å². The summed E-state index contributed by atoms with van der Waals surface area (Å²) in [5.74, 6) is 1.32. The van der Waals surface area contributed by atoms with E-state index in [0.29, 0.717) is 29.4 Å². The SMILES string of the molecule is Cc1cc(NC(=O)C(C)SCC(=O)N2CCC3CCC(C2)N3)no1.Cl. The van der Waals surface area contributed by atoms with Crippen LogP contribution in [0.2, 0.25) is 0 Å². The first kappa shape index (κ1) is 20.1. The Balaban J connectivity index is 0.00000225. The third kappa shape index (κ3) is 5.36. The van der Waals surface area contributed by atoms with E-state index < -0.39 is 0 Å². The molecular weight excluding hydrogens is 364 g/mol. The molecule has 0 aromatic carbocycles. The smallest absolute Gasteiger partial charge is 0.238 e. The third-order valence-corrected chi connectivity index (χ3v) is 5.71. The molecule has 140 valence electrons. The highest BCUT2D eigenvalue weighted by Crippen LogP contribution is 2.21. The monoisotopic (exact) mass is 388 g/mol. The van der Waals surface area contributed by atoms with Crippen molar-refractivity contribution in [3.63, 3.8) is 0 Å². The average molecular weight is 389 g/mol. The van der Waals surface area contributed by atoms with Crippen LogP contribution >= 0.6 is 24.2 Å². The summed E-state index contributed by atoms with van der Waals surface area (Å²) in [4.78, 5) is 26.5. The fourth-order valence-electron chi connectivity index (χ4n) is 3.19. The molecule has 1 aromatic rings. The number of thioether (sulfide) groups is 1. The van der Waals surface area contributed by atoms with Crippen LogP contribution in [0.3, 0.4) is 0 Å². The predicted octanol–water partition coefficient (Wildman–Crippen LogP) is 1.82.